The van der Waals surface area contributed by atoms with E-state index in [0.717, 1.165) is 35.7 Å². The fourth-order valence-corrected chi connectivity index (χ4v) is 2.90. The van der Waals surface area contributed by atoms with Crippen molar-refractivity contribution in [2.45, 2.75) is 12.5 Å². The summed E-state index contributed by atoms with van der Waals surface area (Å²) in [5.41, 5.74) is 3.56. The van der Waals surface area contributed by atoms with Gasteiger partial charge >= 0.3 is 0 Å². The molecule has 0 spiro atoms. The Morgan fingerprint density at radius 2 is 2.14 bits per heavy atom. The predicted octanol–water partition coefficient (Wildman–Crippen LogP) is 2.78. The van der Waals surface area contributed by atoms with Crippen molar-refractivity contribution < 1.29 is 4.42 Å². The molecule has 1 unspecified atom stereocenters. The second-order valence-electron chi connectivity index (χ2n) is 5.26. The van der Waals surface area contributed by atoms with Crippen LogP contribution in [0.1, 0.15) is 28.8 Å². The van der Waals surface area contributed by atoms with Crippen molar-refractivity contribution in [3.63, 3.8) is 0 Å². The lowest BCUT2D eigenvalue weighted by atomic mass is 10.0. The first-order valence-electron chi connectivity index (χ1n) is 7.21. The zero-order chi connectivity index (χ0) is 14.9. The number of rotatable bonds is 2. The number of nitrogens with zero attached hydrogens (tertiary/aromatic N) is 2. The number of fused-ring (bicyclic) bond motifs is 1. The number of aromatic nitrogens is 2. The number of H-pyrrole nitrogens is 1. The van der Waals surface area contributed by atoms with Gasteiger partial charge in [-0.3, -0.25) is 0 Å². The van der Waals surface area contributed by atoms with Gasteiger partial charge in [-0.05, 0) is 24.3 Å². The van der Waals surface area contributed by atoms with E-state index in [4.69, 9.17) is 4.42 Å². The Kier molecular flexibility index (Phi) is 3.02. The molecule has 5 heteroatoms. The van der Waals surface area contributed by atoms with E-state index in [9.17, 15) is 5.26 Å². The molecule has 0 amide bonds. The van der Waals surface area contributed by atoms with Crippen molar-refractivity contribution in [2.24, 2.45) is 0 Å². The average molecular weight is 290 g/mol. The summed E-state index contributed by atoms with van der Waals surface area (Å²) in [4.78, 5) is 7.58. The quantitative estimate of drug-likeness (QED) is 0.760. The molecule has 22 heavy (non-hydrogen) atoms. The molecule has 1 aromatic carbocycles. The number of hydrogen-bond donors (Lipinski definition) is 2. The first-order chi connectivity index (χ1) is 10.9. The van der Waals surface area contributed by atoms with E-state index < -0.39 is 0 Å². The number of imidazole rings is 1. The lowest BCUT2D eigenvalue weighted by Crippen LogP contribution is -2.30. The third kappa shape index (κ3) is 2.01. The molecule has 1 aliphatic rings. The van der Waals surface area contributed by atoms with Crippen molar-refractivity contribution in [1.29, 1.82) is 5.26 Å². The Balaban J connectivity index is 1.73. The van der Waals surface area contributed by atoms with Gasteiger partial charge in [0, 0.05) is 24.2 Å². The van der Waals surface area contributed by atoms with Crippen molar-refractivity contribution in [3.8, 4) is 17.4 Å². The minimum atomic E-state index is -0.0435. The number of hydrogen-bond acceptors (Lipinski definition) is 4. The number of furan rings is 1. The van der Waals surface area contributed by atoms with Crippen LogP contribution in [0.5, 0.6) is 0 Å². The van der Waals surface area contributed by atoms with E-state index in [-0.39, 0.29) is 6.04 Å². The Morgan fingerprint density at radius 1 is 1.23 bits per heavy atom. The van der Waals surface area contributed by atoms with Gasteiger partial charge < -0.3 is 14.7 Å². The molecule has 2 N–H and O–H groups in total. The zero-order valence-electron chi connectivity index (χ0n) is 11.8. The average Bonchev–Trinajstić information content (AvgIpc) is 3.23. The molecule has 0 bridgehead atoms. The Morgan fingerprint density at radius 3 is 3.05 bits per heavy atom. The molecule has 3 aromatic rings. The van der Waals surface area contributed by atoms with Gasteiger partial charge in [0.1, 0.15) is 17.6 Å². The maximum atomic E-state index is 9.22. The molecule has 1 atom stereocenters. The minimum absolute atomic E-state index is 0.0435. The monoisotopic (exact) mass is 290 g/mol. The van der Waals surface area contributed by atoms with E-state index >= 15 is 0 Å². The maximum absolute atomic E-state index is 9.22. The van der Waals surface area contributed by atoms with Gasteiger partial charge in [0.05, 0.1) is 23.7 Å². The van der Waals surface area contributed by atoms with Crippen LogP contribution in [0.4, 0.5) is 0 Å². The molecule has 4 rings (SSSR count). The fraction of sp³-hybridized carbons (Fsp3) is 0.176. The van der Waals surface area contributed by atoms with Gasteiger partial charge in [-0.2, -0.15) is 5.26 Å². The Labute approximate surface area is 127 Å². The largest absolute Gasteiger partial charge is 0.459 e. The Bertz CT molecular complexity index is 855. The molecule has 0 saturated heterocycles. The Hall–Kier alpha value is -2.84. The van der Waals surface area contributed by atoms with Crippen LogP contribution in [0.2, 0.25) is 0 Å². The van der Waals surface area contributed by atoms with Crippen LogP contribution in [-0.2, 0) is 6.42 Å². The third-order valence-corrected chi connectivity index (χ3v) is 3.97. The number of nitriles is 1. The SMILES string of the molecule is N#Cc1ccccc1-c1ccc(C2NCCc3[nH]cnc32)o1. The van der Waals surface area contributed by atoms with Crippen molar-refractivity contribution >= 4 is 0 Å². The van der Waals surface area contributed by atoms with Crippen molar-refractivity contribution in [2.75, 3.05) is 6.54 Å². The lowest BCUT2D eigenvalue weighted by Gasteiger charge is -2.21. The van der Waals surface area contributed by atoms with Gasteiger partial charge in [-0.25, -0.2) is 4.98 Å². The minimum Gasteiger partial charge on any atom is -0.459 e. The molecular weight excluding hydrogens is 276 g/mol. The van der Waals surface area contributed by atoms with Crippen molar-refractivity contribution in [3.05, 3.63) is 65.4 Å². The molecule has 0 radical (unpaired) electrons. The summed E-state index contributed by atoms with van der Waals surface area (Å²) in [6, 6.07) is 13.5. The van der Waals surface area contributed by atoms with Crippen molar-refractivity contribution in [1.82, 2.24) is 15.3 Å². The van der Waals surface area contributed by atoms with Gasteiger partial charge in [0.2, 0.25) is 0 Å². The summed E-state index contributed by atoms with van der Waals surface area (Å²) in [6.07, 6.45) is 2.66. The van der Waals surface area contributed by atoms with E-state index in [2.05, 4.69) is 21.4 Å². The molecule has 3 heterocycles. The van der Waals surface area contributed by atoms with Crippen LogP contribution >= 0.6 is 0 Å². The van der Waals surface area contributed by atoms with Gasteiger partial charge in [-0.15, -0.1) is 0 Å². The van der Waals surface area contributed by atoms with Gasteiger partial charge in [-0.1, -0.05) is 12.1 Å². The van der Waals surface area contributed by atoms with Crippen LogP contribution in [0.25, 0.3) is 11.3 Å². The summed E-state index contributed by atoms with van der Waals surface area (Å²) < 4.78 is 6.01. The highest BCUT2D eigenvalue weighted by Crippen LogP contribution is 2.32. The molecule has 5 nitrogen and oxygen atoms in total. The predicted molar refractivity (Wildman–Crippen MR) is 81.0 cm³/mol. The van der Waals surface area contributed by atoms with Gasteiger partial charge in [0.15, 0.2) is 0 Å². The van der Waals surface area contributed by atoms with Crippen LogP contribution in [0.15, 0.2) is 47.1 Å². The van der Waals surface area contributed by atoms with Crippen LogP contribution < -0.4 is 5.32 Å². The highest BCUT2D eigenvalue weighted by atomic mass is 16.3. The highest BCUT2D eigenvalue weighted by molar-refractivity contribution is 5.66. The second kappa shape index (κ2) is 5.17. The summed E-state index contributed by atoms with van der Waals surface area (Å²) >= 11 is 0. The lowest BCUT2D eigenvalue weighted by molar-refractivity contribution is 0.437. The number of benzene rings is 1. The third-order valence-electron chi connectivity index (χ3n) is 3.97. The van der Waals surface area contributed by atoms with Crippen LogP contribution in [0.3, 0.4) is 0 Å². The van der Waals surface area contributed by atoms with Gasteiger partial charge in [0.25, 0.3) is 0 Å². The maximum Gasteiger partial charge on any atom is 0.135 e. The smallest absolute Gasteiger partial charge is 0.135 e. The molecular formula is C17H14N4O. The molecule has 108 valence electrons. The van der Waals surface area contributed by atoms with E-state index in [1.165, 1.54) is 0 Å². The molecule has 2 aromatic heterocycles. The normalized spacial score (nSPS) is 17.0. The fourth-order valence-electron chi connectivity index (χ4n) is 2.90. The second-order valence-corrected chi connectivity index (χ2v) is 5.26. The molecule has 0 fully saturated rings. The molecule has 0 aliphatic carbocycles. The first kappa shape index (κ1) is 12.9. The summed E-state index contributed by atoms with van der Waals surface area (Å²) in [5.74, 6) is 1.52. The summed E-state index contributed by atoms with van der Waals surface area (Å²) in [5, 5.41) is 12.6. The first-order valence-corrected chi connectivity index (χ1v) is 7.21. The van der Waals surface area contributed by atoms with E-state index in [0.29, 0.717) is 11.3 Å². The molecule has 0 saturated carbocycles. The summed E-state index contributed by atoms with van der Waals surface area (Å²) in [7, 11) is 0. The number of nitrogens with one attached hydrogen (secondary N) is 2. The van der Waals surface area contributed by atoms with E-state index in [1.807, 2.05) is 30.3 Å². The highest BCUT2D eigenvalue weighted by Gasteiger charge is 2.26. The topological polar surface area (TPSA) is 77.6 Å². The summed E-state index contributed by atoms with van der Waals surface area (Å²) in [6.45, 7) is 0.880. The molecule has 1 aliphatic heterocycles. The van der Waals surface area contributed by atoms with Crippen LogP contribution in [0, 0.1) is 11.3 Å². The van der Waals surface area contributed by atoms with E-state index in [1.54, 1.807) is 12.4 Å². The standard InChI is InChI=1S/C17H14N4O/c18-9-11-3-1-2-4-12(11)14-5-6-15(22-14)17-16-13(7-8-19-17)20-10-21-16/h1-6,10,17,19H,7-8H2,(H,20,21). The zero-order valence-corrected chi connectivity index (χ0v) is 11.8. The number of aromatic amines is 1. The van der Waals surface area contributed by atoms with Crippen LogP contribution in [-0.4, -0.2) is 16.5 Å².